The van der Waals surface area contributed by atoms with Crippen LogP contribution in [0.5, 0.6) is 0 Å². The van der Waals surface area contributed by atoms with Crippen LogP contribution in [0.4, 0.5) is 4.39 Å². The lowest BCUT2D eigenvalue weighted by Gasteiger charge is -2.12. The first-order chi connectivity index (χ1) is 13.1. The lowest BCUT2D eigenvalue weighted by molar-refractivity contribution is 0.580. The van der Waals surface area contributed by atoms with Gasteiger partial charge in [0.1, 0.15) is 10.5 Å². The predicted molar refractivity (Wildman–Crippen MR) is 110 cm³/mol. The molecule has 136 valence electrons. The maximum atomic E-state index is 14.1. The molecule has 0 N–H and O–H groups in total. The summed E-state index contributed by atoms with van der Waals surface area (Å²) in [5.41, 5.74) is 2.02. The van der Waals surface area contributed by atoms with Crippen LogP contribution in [0.2, 0.25) is 5.02 Å². The van der Waals surface area contributed by atoms with Gasteiger partial charge in [0.2, 0.25) is 0 Å². The van der Waals surface area contributed by atoms with E-state index in [-0.39, 0.29) is 17.9 Å². The molecule has 2 heterocycles. The molecule has 0 spiro atoms. The quantitative estimate of drug-likeness (QED) is 0.314. The van der Waals surface area contributed by atoms with Gasteiger partial charge in [0.05, 0.1) is 12.1 Å². The second-order valence-corrected chi connectivity index (χ2v) is 8.23. The minimum Gasteiger partial charge on any atom is -0.282 e. The topological polar surface area (TPSA) is 34.9 Å². The Hall–Kier alpha value is -2.15. The van der Waals surface area contributed by atoms with Gasteiger partial charge in [-0.15, -0.1) is 11.3 Å². The molecule has 0 amide bonds. The van der Waals surface area contributed by atoms with E-state index in [0.717, 1.165) is 5.56 Å². The van der Waals surface area contributed by atoms with Gasteiger partial charge in [-0.05, 0) is 35.2 Å². The highest BCUT2D eigenvalue weighted by Crippen LogP contribution is 2.25. The normalized spacial score (nSPS) is 11.2. The van der Waals surface area contributed by atoms with Crippen LogP contribution in [-0.2, 0) is 12.3 Å². The Morgan fingerprint density at radius 1 is 1.15 bits per heavy atom. The number of hydrogen-bond acceptors (Lipinski definition) is 4. The Kier molecular flexibility index (Phi) is 5.29. The Morgan fingerprint density at radius 3 is 2.81 bits per heavy atom. The summed E-state index contributed by atoms with van der Waals surface area (Å²) in [6.45, 7) is 0.143. The molecular weight excluding hydrogens is 403 g/mol. The van der Waals surface area contributed by atoms with Crippen LogP contribution in [0.15, 0.2) is 69.9 Å². The second kappa shape index (κ2) is 7.84. The summed E-state index contributed by atoms with van der Waals surface area (Å²) in [5.74, 6) is 0.279. The van der Waals surface area contributed by atoms with Crippen LogP contribution < -0.4 is 5.56 Å². The van der Waals surface area contributed by atoms with Gasteiger partial charge in [-0.25, -0.2) is 9.37 Å². The Labute approximate surface area is 168 Å². The molecule has 0 atom stereocenters. The number of thiophene rings is 1. The molecule has 4 rings (SSSR count). The van der Waals surface area contributed by atoms with E-state index >= 15 is 0 Å². The van der Waals surface area contributed by atoms with Crippen molar-refractivity contribution in [2.24, 2.45) is 0 Å². The van der Waals surface area contributed by atoms with Crippen LogP contribution in [0.25, 0.3) is 10.2 Å². The van der Waals surface area contributed by atoms with Gasteiger partial charge in [0, 0.05) is 16.3 Å². The number of halogens is 2. The highest BCUT2D eigenvalue weighted by atomic mass is 35.5. The SMILES string of the molecule is O=c1c2sccc2nc(SCc2cccc(Cl)c2)n1Cc1ccccc1F. The Bertz CT molecular complexity index is 1170. The maximum Gasteiger partial charge on any atom is 0.272 e. The third-order valence-corrected chi connectivity index (χ3v) is 6.25. The summed E-state index contributed by atoms with van der Waals surface area (Å²) >= 11 is 8.84. The van der Waals surface area contributed by atoms with E-state index < -0.39 is 0 Å². The summed E-state index contributed by atoms with van der Waals surface area (Å²) < 4.78 is 16.3. The van der Waals surface area contributed by atoms with Crippen molar-refractivity contribution in [3.8, 4) is 0 Å². The van der Waals surface area contributed by atoms with Crippen molar-refractivity contribution in [1.82, 2.24) is 9.55 Å². The minimum atomic E-state index is -0.332. The molecule has 0 aliphatic rings. The molecule has 27 heavy (non-hydrogen) atoms. The molecule has 0 saturated heterocycles. The van der Waals surface area contributed by atoms with Crippen molar-refractivity contribution < 1.29 is 4.39 Å². The molecule has 2 aromatic carbocycles. The summed E-state index contributed by atoms with van der Waals surface area (Å²) in [7, 11) is 0. The van der Waals surface area contributed by atoms with Crippen LogP contribution in [0.3, 0.4) is 0 Å². The number of thioether (sulfide) groups is 1. The standard InChI is InChI=1S/C20H14ClFN2OS2/c21-15-6-3-4-13(10-15)12-27-20-23-17-8-9-26-18(17)19(25)24(20)11-14-5-1-2-7-16(14)22/h1-10H,11-12H2. The monoisotopic (exact) mass is 416 g/mol. The Balaban J connectivity index is 1.74. The summed E-state index contributed by atoms with van der Waals surface area (Å²) in [4.78, 5) is 17.6. The number of aromatic nitrogens is 2. The van der Waals surface area contributed by atoms with E-state index in [1.54, 1.807) is 22.8 Å². The summed E-state index contributed by atoms with van der Waals surface area (Å²) in [6.07, 6.45) is 0. The van der Waals surface area contributed by atoms with Crippen LogP contribution in [-0.4, -0.2) is 9.55 Å². The Morgan fingerprint density at radius 2 is 2.00 bits per heavy atom. The highest BCUT2D eigenvalue weighted by molar-refractivity contribution is 7.98. The molecule has 0 radical (unpaired) electrons. The number of hydrogen-bond donors (Lipinski definition) is 0. The molecule has 0 saturated carbocycles. The van der Waals surface area contributed by atoms with Gasteiger partial charge in [-0.3, -0.25) is 9.36 Å². The van der Waals surface area contributed by atoms with Gasteiger partial charge in [0.25, 0.3) is 5.56 Å². The first-order valence-electron chi connectivity index (χ1n) is 8.20. The maximum absolute atomic E-state index is 14.1. The molecule has 2 aromatic heterocycles. The van der Waals surface area contributed by atoms with Gasteiger partial charge in [-0.1, -0.05) is 53.7 Å². The third kappa shape index (κ3) is 3.93. The van der Waals surface area contributed by atoms with E-state index in [1.165, 1.54) is 29.2 Å². The average molecular weight is 417 g/mol. The van der Waals surface area contributed by atoms with Crippen molar-refractivity contribution in [3.05, 3.63) is 92.3 Å². The average Bonchev–Trinajstić information content (AvgIpc) is 3.13. The van der Waals surface area contributed by atoms with Crippen molar-refractivity contribution in [2.45, 2.75) is 17.5 Å². The summed E-state index contributed by atoms with van der Waals surface area (Å²) in [6, 6.07) is 15.9. The zero-order valence-electron chi connectivity index (χ0n) is 14.1. The molecule has 0 aliphatic heterocycles. The van der Waals surface area contributed by atoms with E-state index in [9.17, 15) is 9.18 Å². The zero-order valence-corrected chi connectivity index (χ0v) is 16.5. The zero-order chi connectivity index (χ0) is 18.8. The minimum absolute atomic E-state index is 0.143. The summed E-state index contributed by atoms with van der Waals surface area (Å²) in [5, 5.41) is 3.07. The van der Waals surface area contributed by atoms with Crippen molar-refractivity contribution in [3.63, 3.8) is 0 Å². The number of benzene rings is 2. The van der Waals surface area contributed by atoms with Crippen molar-refractivity contribution in [1.29, 1.82) is 0 Å². The van der Waals surface area contributed by atoms with E-state index in [0.29, 0.717) is 31.7 Å². The molecule has 0 bridgehead atoms. The fraction of sp³-hybridized carbons (Fsp3) is 0.100. The number of rotatable bonds is 5. The molecule has 3 nitrogen and oxygen atoms in total. The van der Waals surface area contributed by atoms with Crippen LogP contribution in [0, 0.1) is 5.82 Å². The van der Waals surface area contributed by atoms with E-state index in [2.05, 4.69) is 4.98 Å². The van der Waals surface area contributed by atoms with Crippen LogP contribution >= 0.6 is 34.7 Å². The van der Waals surface area contributed by atoms with Crippen molar-refractivity contribution in [2.75, 3.05) is 0 Å². The lowest BCUT2D eigenvalue weighted by Crippen LogP contribution is -2.23. The number of nitrogens with zero attached hydrogens (tertiary/aromatic N) is 2. The fourth-order valence-corrected chi connectivity index (χ4v) is 4.68. The number of fused-ring (bicyclic) bond motifs is 1. The highest BCUT2D eigenvalue weighted by Gasteiger charge is 2.14. The van der Waals surface area contributed by atoms with Crippen LogP contribution in [0.1, 0.15) is 11.1 Å². The third-order valence-electron chi connectivity index (χ3n) is 4.07. The smallest absolute Gasteiger partial charge is 0.272 e. The predicted octanol–water partition coefficient (Wildman–Crippen LogP) is 5.59. The second-order valence-electron chi connectivity index (χ2n) is 5.93. The lowest BCUT2D eigenvalue weighted by atomic mass is 10.2. The van der Waals surface area contributed by atoms with Gasteiger partial charge >= 0.3 is 0 Å². The van der Waals surface area contributed by atoms with E-state index in [1.807, 2.05) is 35.7 Å². The first-order valence-corrected chi connectivity index (χ1v) is 10.4. The largest absolute Gasteiger partial charge is 0.282 e. The molecule has 0 aliphatic carbocycles. The molecular formula is C20H14ClFN2OS2. The molecule has 0 fully saturated rings. The molecule has 0 unspecified atom stereocenters. The first kappa shape index (κ1) is 18.2. The van der Waals surface area contributed by atoms with Gasteiger partial charge in [-0.2, -0.15) is 0 Å². The van der Waals surface area contributed by atoms with Crippen molar-refractivity contribution >= 4 is 44.9 Å². The molecule has 4 aromatic rings. The fourth-order valence-electron chi connectivity index (χ4n) is 2.74. The molecule has 7 heteroatoms. The van der Waals surface area contributed by atoms with Gasteiger partial charge < -0.3 is 0 Å². The van der Waals surface area contributed by atoms with E-state index in [4.69, 9.17) is 11.6 Å². The van der Waals surface area contributed by atoms with Gasteiger partial charge in [0.15, 0.2) is 5.16 Å².